The number of amides is 2. The number of alkyl halides is 3. The van der Waals surface area contributed by atoms with E-state index in [-0.39, 0.29) is 5.91 Å². The summed E-state index contributed by atoms with van der Waals surface area (Å²) in [6.07, 6.45) is -4.37. The molecule has 116 valence electrons. The van der Waals surface area contributed by atoms with Crippen molar-refractivity contribution in [3.05, 3.63) is 29.3 Å². The average Bonchev–Trinajstić information content (AvgIpc) is 2.39. The van der Waals surface area contributed by atoms with E-state index in [4.69, 9.17) is 0 Å². The van der Waals surface area contributed by atoms with Crippen molar-refractivity contribution in [3.63, 3.8) is 0 Å². The van der Waals surface area contributed by atoms with Crippen molar-refractivity contribution in [3.8, 4) is 0 Å². The van der Waals surface area contributed by atoms with Gasteiger partial charge in [-0.1, -0.05) is 6.07 Å². The van der Waals surface area contributed by atoms with Crippen LogP contribution >= 0.6 is 0 Å². The lowest BCUT2D eigenvalue weighted by molar-refractivity contribution is -0.126. The van der Waals surface area contributed by atoms with Crippen molar-refractivity contribution in [1.82, 2.24) is 10.6 Å². The Morgan fingerprint density at radius 1 is 1.24 bits per heavy atom. The number of carbonyl (C=O) groups excluding carboxylic acids is 2. The van der Waals surface area contributed by atoms with Gasteiger partial charge in [0.25, 0.3) is 5.91 Å². The molecule has 0 aromatic heterocycles. The van der Waals surface area contributed by atoms with E-state index in [1.54, 1.807) is 19.1 Å². The van der Waals surface area contributed by atoms with Gasteiger partial charge in [0.2, 0.25) is 5.91 Å². The lowest BCUT2D eigenvalue weighted by Crippen LogP contribution is -2.35. The van der Waals surface area contributed by atoms with Gasteiger partial charge in [-0.2, -0.15) is 13.2 Å². The molecule has 0 aliphatic carbocycles. The van der Waals surface area contributed by atoms with Crippen LogP contribution in [0.25, 0.3) is 0 Å². The van der Waals surface area contributed by atoms with Gasteiger partial charge < -0.3 is 16.0 Å². The Morgan fingerprint density at radius 2 is 1.90 bits per heavy atom. The number of carbonyl (C=O) groups is 2. The lowest BCUT2D eigenvalue weighted by Gasteiger charge is -2.11. The van der Waals surface area contributed by atoms with Crippen molar-refractivity contribution in [1.29, 1.82) is 0 Å². The number of nitrogens with one attached hydrogen (secondary N) is 3. The third-order valence-electron chi connectivity index (χ3n) is 2.61. The molecule has 0 atom stereocenters. The van der Waals surface area contributed by atoms with Gasteiger partial charge in [0.1, 0.15) is 0 Å². The SMILES string of the molecule is CNC(=O)c1ccc(C)c(NC(=O)CNCC(F)(F)F)c1. The number of hydrogen-bond acceptors (Lipinski definition) is 3. The fraction of sp³-hybridized carbons (Fsp3) is 0.385. The van der Waals surface area contributed by atoms with E-state index in [0.717, 1.165) is 0 Å². The van der Waals surface area contributed by atoms with Crippen LogP contribution in [0.3, 0.4) is 0 Å². The molecule has 8 heteroatoms. The van der Waals surface area contributed by atoms with Crippen LogP contribution in [0, 0.1) is 6.92 Å². The summed E-state index contributed by atoms with van der Waals surface area (Å²) < 4.78 is 35.8. The maximum atomic E-state index is 11.9. The zero-order valence-corrected chi connectivity index (χ0v) is 11.6. The standard InChI is InChI=1S/C13H16F3N3O2/c1-8-3-4-9(12(21)17-2)5-10(8)19-11(20)6-18-7-13(14,15)16/h3-5,18H,6-7H2,1-2H3,(H,17,21)(H,19,20). The minimum Gasteiger partial charge on any atom is -0.355 e. The van der Waals surface area contributed by atoms with Crippen molar-refractivity contribution in [2.75, 3.05) is 25.5 Å². The van der Waals surface area contributed by atoms with Gasteiger partial charge >= 0.3 is 6.18 Å². The molecule has 3 N–H and O–H groups in total. The largest absolute Gasteiger partial charge is 0.401 e. The van der Waals surface area contributed by atoms with E-state index in [2.05, 4.69) is 10.6 Å². The smallest absolute Gasteiger partial charge is 0.355 e. The molecule has 0 heterocycles. The van der Waals surface area contributed by atoms with Crippen LogP contribution in [0.1, 0.15) is 15.9 Å². The molecule has 1 aromatic rings. The van der Waals surface area contributed by atoms with Crippen molar-refractivity contribution in [2.45, 2.75) is 13.1 Å². The van der Waals surface area contributed by atoms with Crippen LogP contribution in [-0.4, -0.2) is 38.1 Å². The number of rotatable bonds is 5. The van der Waals surface area contributed by atoms with Gasteiger partial charge in [-0.15, -0.1) is 0 Å². The van der Waals surface area contributed by atoms with E-state index in [9.17, 15) is 22.8 Å². The first-order valence-electron chi connectivity index (χ1n) is 6.13. The van der Waals surface area contributed by atoms with Gasteiger partial charge in [-0.25, -0.2) is 0 Å². The predicted molar refractivity (Wildman–Crippen MR) is 72.1 cm³/mol. The Labute approximate surface area is 119 Å². The van der Waals surface area contributed by atoms with E-state index in [1.807, 2.05) is 5.32 Å². The average molecular weight is 303 g/mol. The third kappa shape index (κ3) is 5.82. The molecular weight excluding hydrogens is 287 g/mol. The van der Waals surface area contributed by atoms with E-state index < -0.39 is 25.2 Å². The fourth-order valence-corrected chi connectivity index (χ4v) is 1.55. The van der Waals surface area contributed by atoms with E-state index in [0.29, 0.717) is 16.8 Å². The van der Waals surface area contributed by atoms with E-state index in [1.165, 1.54) is 13.1 Å². The van der Waals surface area contributed by atoms with Crippen molar-refractivity contribution < 1.29 is 22.8 Å². The van der Waals surface area contributed by atoms with Crippen LogP contribution in [0.15, 0.2) is 18.2 Å². The molecular formula is C13H16F3N3O2. The molecule has 2 amide bonds. The van der Waals surface area contributed by atoms with Gasteiger partial charge in [0.15, 0.2) is 0 Å². The molecule has 1 aromatic carbocycles. The first kappa shape index (κ1) is 17.0. The maximum Gasteiger partial charge on any atom is 0.401 e. The summed E-state index contributed by atoms with van der Waals surface area (Å²) in [5.74, 6) is -0.933. The van der Waals surface area contributed by atoms with Gasteiger partial charge in [-0.3, -0.25) is 9.59 Å². The molecule has 0 unspecified atom stereocenters. The number of benzene rings is 1. The number of halogens is 3. The van der Waals surface area contributed by atoms with Crippen LogP contribution in [0.4, 0.5) is 18.9 Å². The molecule has 0 saturated heterocycles. The summed E-state index contributed by atoms with van der Waals surface area (Å²) in [5.41, 5.74) is 1.43. The van der Waals surface area contributed by atoms with Gasteiger partial charge in [0.05, 0.1) is 13.1 Å². The molecule has 0 aliphatic heterocycles. The number of anilines is 1. The number of hydrogen-bond donors (Lipinski definition) is 3. The summed E-state index contributed by atoms with van der Waals surface area (Å²) in [7, 11) is 1.47. The second kappa shape index (κ2) is 7.07. The number of aryl methyl sites for hydroxylation is 1. The minimum atomic E-state index is -4.37. The highest BCUT2D eigenvalue weighted by Gasteiger charge is 2.26. The quantitative estimate of drug-likeness (QED) is 0.771. The van der Waals surface area contributed by atoms with Crippen molar-refractivity contribution >= 4 is 17.5 Å². The van der Waals surface area contributed by atoms with Crippen LogP contribution < -0.4 is 16.0 Å². The zero-order valence-electron chi connectivity index (χ0n) is 11.6. The van der Waals surface area contributed by atoms with Crippen LogP contribution in [0.2, 0.25) is 0 Å². The van der Waals surface area contributed by atoms with Crippen LogP contribution in [0.5, 0.6) is 0 Å². The second-order valence-electron chi connectivity index (χ2n) is 4.38. The third-order valence-corrected chi connectivity index (χ3v) is 2.61. The Kier molecular flexibility index (Phi) is 5.71. The second-order valence-corrected chi connectivity index (χ2v) is 4.38. The highest BCUT2D eigenvalue weighted by atomic mass is 19.4. The van der Waals surface area contributed by atoms with Gasteiger partial charge in [0, 0.05) is 18.3 Å². The molecule has 0 radical (unpaired) electrons. The molecule has 0 bridgehead atoms. The summed E-state index contributed by atoms with van der Waals surface area (Å²) in [4.78, 5) is 23.0. The Bertz CT molecular complexity index is 530. The molecule has 0 aliphatic rings. The molecule has 21 heavy (non-hydrogen) atoms. The zero-order chi connectivity index (χ0) is 16.0. The fourth-order valence-electron chi connectivity index (χ4n) is 1.55. The van der Waals surface area contributed by atoms with Crippen molar-refractivity contribution in [2.24, 2.45) is 0 Å². The van der Waals surface area contributed by atoms with Crippen LogP contribution in [-0.2, 0) is 4.79 Å². The molecule has 5 nitrogen and oxygen atoms in total. The Morgan fingerprint density at radius 3 is 2.48 bits per heavy atom. The minimum absolute atomic E-state index is 0.319. The summed E-state index contributed by atoms with van der Waals surface area (Å²) in [6.45, 7) is 0.00716. The van der Waals surface area contributed by atoms with E-state index >= 15 is 0 Å². The predicted octanol–water partition coefficient (Wildman–Crippen LogP) is 1.45. The monoisotopic (exact) mass is 303 g/mol. The lowest BCUT2D eigenvalue weighted by atomic mass is 10.1. The maximum absolute atomic E-state index is 11.9. The summed E-state index contributed by atoms with van der Waals surface area (Å²) in [6, 6.07) is 4.70. The normalized spacial score (nSPS) is 11.1. The highest BCUT2D eigenvalue weighted by Crippen LogP contribution is 2.17. The highest BCUT2D eigenvalue weighted by molar-refractivity contribution is 5.98. The topological polar surface area (TPSA) is 70.2 Å². The first-order chi connectivity index (χ1) is 9.73. The van der Waals surface area contributed by atoms with Gasteiger partial charge in [-0.05, 0) is 24.6 Å². The Hall–Kier alpha value is -2.09. The summed E-state index contributed by atoms with van der Waals surface area (Å²) >= 11 is 0. The molecule has 0 fully saturated rings. The summed E-state index contributed by atoms with van der Waals surface area (Å²) in [5, 5.41) is 6.91. The molecule has 0 saturated carbocycles. The molecule has 1 rings (SSSR count). The first-order valence-corrected chi connectivity index (χ1v) is 6.13. The molecule has 0 spiro atoms. The Balaban J connectivity index is 2.65.